The molecule has 25 heavy (non-hydrogen) atoms. The minimum atomic E-state index is -4.96. The van der Waals surface area contributed by atoms with E-state index in [0.29, 0.717) is 0 Å². The Balaban J connectivity index is 2.61. The number of alkyl halides is 3. The fourth-order valence-corrected chi connectivity index (χ4v) is 4.43. The lowest BCUT2D eigenvalue weighted by atomic mass is 9.88. The number of hydrogen-bond acceptors (Lipinski definition) is 5. The maximum absolute atomic E-state index is 14.4. The standard InChI is InChI=1S/C14H17F4N3O2S2/c1-12(2,3)25(23)21-13(11(19)22)4-5-24-9-7(13)6-20-10(8(9)15)14(16,17)18/h6,21H,4-5H2,1-3H3,(H2,19,22)/t13-,25?/m0/s1. The highest BCUT2D eigenvalue weighted by atomic mass is 32.2. The van der Waals surface area contributed by atoms with Crippen LogP contribution in [0, 0.1) is 5.82 Å². The van der Waals surface area contributed by atoms with Crippen molar-refractivity contribution in [1.82, 2.24) is 9.71 Å². The number of thioether (sulfide) groups is 1. The van der Waals surface area contributed by atoms with E-state index >= 15 is 0 Å². The second kappa shape index (κ2) is 6.60. The monoisotopic (exact) mass is 399 g/mol. The van der Waals surface area contributed by atoms with Gasteiger partial charge in [0.1, 0.15) is 4.75 Å². The van der Waals surface area contributed by atoms with Gasteiger partial charge in [-0.2, -0.15) is 13.2 Å². The molecule has 1 aliphatic heterocycles. The van der Waals surface area contributed by atoms with Gasteiger partial charge in [-0.1, -0.05) is 0 Å². The predicted octanol–water partition coefficient (Wildman–Crippen LogP) is 2.47. The number of hydrogen-bond donors (Lipinski definition) is 2. The first-order chi connectivity index (χ1) is 11.3. The van der Waals surface area contributed by atoms with E-state index in [0.717, 1.165) is 18.0 Å². The molecule has 1 aromatic heterocycles. The number of pyridine rings is 1. The topological polar surface area (TPSA) is 91.1 Å². The van der Waals surface area contributed by atoms with Gasteiger partial charge in [0.2, 0.25) is 5.91 Å². The van der Waals surface area contributed by atoms with Crippen molar-refractivity contribution in [2.24, 2.45) is 5.73 Å². The fraction of sp³-hybridized carbons (Fsp3) is 0.571. The molecule has 2 atom stereocenters. The zero-order valence-corrected chi connectivity index (χ0v) is 15.3. The van der Waals surface area contributed by atoms with Crippen LogP contribution in [-0.2, 0) is 27.9 Å². The van der Waals surface area contributed by atoms with Crippen molar-refractivity contribution in [3.63, 3.8) is 0 Å². The normalized spacial score (nSPS) is 22.4. The molecule has 0 fully saturated rings. The molecule has 2 heterocycles. The van der Waals surface area contributed by atoms with Gasteiger partial charge < -0.3 is 10.3 Å². The molecule has 0 bridgehead atoms. The zero-order valence-electron chi connectivity index (χ0n) is 13.7. The first-order valence-electron chi connectivity index (χ1n) is 7.19. The first kappa shape index (κ1) is 20.3. The molecule has 0 aromatic carbocycles. The van der Waals surface area contributed by atoms with Gasteiger partial charge in [-0.3, -0.25) is 4.79 Å². The Kier molecular flexibility index (Phi) is 5.35. The average Bonchev–Trinajstić information content (AvgIpc) is 2.45. The van der Waals surface area contributed by atoms with E-state index in [2.05, 4.69) is 9.71 Å². The summed E-state index contributed by atoms with van der Waals surface area (Å²) >= 11 is -0.926. The Labute approximate surface area is 149 Å². The molecule has 5 nitrogen and oxygen atoms in total. The fourth-order valence-electron chi connectivity index (χ4n) is 2.28. The van der Waals surface area contributed by atoms with Crippen LogP contribution in [0.15, 0.2) is 11.1 Å². The van der Waals surface area contributed by atoms with Crippen molar-refractivity contribution in [2.75, 3.05) is 5.75 Å². The number of nitrogens with one attached hydrogen (secondary N) is 1. The van der Waals surface area contributed by atoms with E-state index in [4.69, 9.17) is 5.73 Å². The zero-order chi connectivity index (χ0) is 19.2. The maximum atomic E-state index is 14.4. The van der Waals surface area contributed by atoms with Crippen LogP contribution in [0.4, 0.5) is 17.6 Å². The third-order valence-corrected chi connectivity index (χ3v) is 6.41. The molecule has 0 saturated carbocycles. The summed E-state index contributed by atoms with van der Waals surface area (Å²) in [7, 11) is 0. The maximum Gasteiger partial charge on any atom is 0.436 e. The number of nitrogens with two attached hydrogens (primary N) is 1. The van der Waals surface area contributed by atoms with Crippen LogP contribution in [0.25, 0.3) is 0 Å². The number of halogens is 4. The Morgan fingerprint density at radius 1 is 1.44 bits per heavy atom. The summed E-state index contributed by atoms with van der Waals surface area (Å²) in [6.45, 7) is 4.94. The Morgan fingerprint density at radius 2 is 2.04 bits per heavy atom. The predicted molar refractivity (Wildman–Crippen MR) is 86.4 cm³/mol. The number of amides is 1. The minimum Gasteiger partial charge on any atom is -0.598 e. The largest absolute Gasteiger partial charge is 0.598 e. The van der Waals surface area contributed by atoms with Crippen LogP contribution in [0.1, 0.15) is 38.4 Å². The van der Waals surface area contributed by atoms with Gasteiger partial charge >= 0.3 is 6.18 Å². The van der Waals surface area contributed by atoms with Crippen LogP contribution >= 0.6 is 11.8 Å². The van der Waals surface area contributed by atoms with Crippen LogP contribution in [0.5, 0.6) is 0 Å². The number of primary amides is 1. The smallest absolute Gasteiger partial charge is 0.436 e. The molecule has 0 aliphatic carbocycles. The summed E-state index contributed by atoms with van der Waals surface area (Å²) in [6, 6.07) is 0. The van der Waals surface area contributed by atoms with E-state index in [9.17, 15) is 26.9 Å². The molecule has 1 aliphatic rings. The molecule has 1 amide bonds. The third kappa shape index (κ3) is 3.74. The average molecular weight is 399 g/mol. The van der Waals surface area contributed by atoms with Crippen LogP contribution < -0.4 is 10.5 Å². The van der Waals surface area contributed by atoms with E-state index in [1.54, 1.807) is 20.8 Å². The van der Waals surface area contributed by atoms with Gasteiger partial charge in [0.25, 0.3) is 0 Å². The molecular formula is C14H17F4N3O2S2. The second-order valence-electron chi connectivity index (χ2n) is 6.51. The SMILES string of the molecule is CC(C)(C)[S+]([O-])N[C@@]1(C(N)=O)CCSc2c1cnc(C(F)(F)F)c2F. The number of carbonyl (C=O) groups excluding carboxylic acids is 1. The van der Waals surface area contributed by atoms with Gasteiger partial charge in [-0.05, 0) is 27.2 Å². The lowest BCUT2D eigenvalue weighted by Crippen LogP contribution is -2.59. The summed E-state index contributed by atoms with van der Waals surface area (Å²) in [5.41, 5.74) is 1.93. The van der Waals surface area contributed by atoms with Crippen LogP contribution in [0.3, 0.4) is 0 Å². The quantitative estimate of drug-likeness (QED) is 0.602. The number of rotatable bonds is 3. The van der Waals surface area contributed by atoms with E-state index in [-0.39, 0.29) is 22.6 Å². The van der Waals surface area contributed by atoms with Crippen molar-refractivity contribution >= 4 is 29.0 Å². The van der Waals surface area contributed by atoms with Gasteiger partial charge in [-0.15, -0.1) is 16.5 Å². The highest BCUT2D eigenvalue weighted by molar-refractivity contribution is 7.99. The molecule has 11 heteroatoms. The summed E-state index contributed by atoms with van der Waals surface area (Å²) in [4.78, 5) is 14.9. The molecule has 0 spiro atoms. The number of aromatic nitrogens is 1. The Bertz CT molecular complexity index is 694. The van der Waals surface area contributed by atoms with Gasteiger partial charge in [-0.25, -0.2) is 9.37 Å². The van der Waals surface area contributed by atoms with Gasteiger partial charge in [0.05, 0.1) is 4.90 Å². The second-order valence-corrected chi connectivity index (χ2v) is 9.58. The van der Waals surface area contributed by atoms with Crippen molar-refractivity contribution in [3.05, 3.63) is 23.3 Å². The molecular weight excluding hydrogens is 382 g/mol. The van der Waals surface area contributed by atoms with Gasteiger partial charge in [0, 0.05) is 28.9 Å². The van der Waals surface area contributed by atoms with Crippen LogP contribution in [0.2, 0.25) is 0 Å². The van der Waals surface area contributed by atoms with E-state index in [1.807, 2.05) is 0 Å². The van der Waals surface area contributed by atoms with Crippen molar-refractivity contribution in [3.8, 4) is 0 Å². The van der Waals surface area contributed by atoms with E-state index < -0.39 is 45.2 Å². The van der Waals surface area contributed by atoms with Crippen LogP contribution in [-0.4, -0.2) is 25.9 Å². The van der Waals surface area contributed by atoms with Gasteiger partial charge in [0.15, 0.2) is 17.1 Å². The third-order valence-electron chi connectivity index (χ3n) is 3.67. The van der Waals surface area contributed by atoms with Crippen molar-refractivity contribution < 1.29 is 26.9 Å². The molecule has 3 N–H and O–H groups in total. The molecule has 2 rings (SSSR count). The van der Waals surface area contributed by atoms with E-state index in [1.165, 1.54) is 0 Å². The highest BCUT2D eigenvalue weighted by Gasteiger charge is 2.50. The highest BCUT2D eigenvalue weighted by Crippen LogP contribution is 2.44. The number of carbonyl (C=O) groups is 1. The molecule has 1 aromatic rings. The van der Waals surface area contributed by atoms with Crippen molar-refractivity contribution in [1.29, 1.82) is 0 Å². The Hall–Kier alpha value is -1.04. The lowest BCUT2D eigenvalue weighted by molar-refractivity contribution is -0.144. The summed E-state index contributed by atoms with van der Waals surface area (Å²) < 4.78 is 67.3. The first-order valence-corrected chi connectivity index (χ1v) is 9.33. The molecule has 0 radical (unpaired) electrons. The molecule has 1 unspecified atom stereocenters. The number of nitrogens with zero attached hydrogens (tertiary/aromatic N) is 1. The Morgan fingerprint density at radius 3 is 2.52 bits per heavy atom. The van der Waals surface area contributed by atoms with Crippen molar-refractivity contribution in [2.45, 2.75) is 48.5 Å². The molecule has 0 saturated heterocycles. The molecule has 140 valence electrons. The summed E-state index contributed by atoms with van der Waals surface area (Å²) in [5, 5.41) is 0. The number of fused-ring (bicyclic) bond motifs is 1. The lowest BCUT2D eigenvalue weighted by Gasteiger charge is -2.38. The summed E-state index contributed by atoms with van der Waals surface area (Å²) in [6.07, 6.45) is -4.13. The minimum absolute atomic E-state index is 0.0499. The summed E-state index contributed by atoms with van der Waals surface area (Å²) in [5.74, 6) is -2.38.